The van der Waals surface area contributed by atoms with Gasteiger partial charge in [0.25, 0.3) is 0 Å². The smallest absolute Gasteiger partial charge is 0.232 e. The molecule has 0 saturated heterocycles. The normalized spacial score (nSPS) is 16.8. The minimum absolute atomic E-state index is 0.0168. The van der Waals surface area contributed by atoms with Crippen molar-refractivity contribution < 1.29 is 4.79 Å². The van der Waals surface area contributed by atoms with E-state index in [-0.39, 0.29) is 11.3 Å². The first-order valence-electron chi connectivity index (χ1n) is 11.3. The fraction of sp³-hybridized carbons (Fsp3) is 0.680. The molecule has 1 saturated carbocycles. The molecule has 0 N–H and O–H groups in total. The van der Waals surface area contributed by atoms with E-state index in [9.17, 15) is 4.79 Å². The van der Waals surface area contributed by atoms with E-state index in [0.717, 1.165) is 29.5 Å². The van der Waals surface area contributed by atoms with Crippen LogP contribution in [-0.4, -0.2) is 22.5 Å². The number of fused-ring (bicyclic) bond motifs is 1. The van der Waals surface area contributed by atoms with Gasteiger partial charge in [-0.15, -0.1) is 0 Å². The molecule has 160 valence electrons. The summed E-state index contributed by atoms with van der Waals surface area (Å²) in [4.78, 5) is 19.6. The number of hydrogen-bond donors (Lipinski definition) is 0. The van der Waals surface area contributed by atoms with Crippen molar-refractivity contribution in [3.8, 4) is 0 Å². The van der Waals surface area contributed by atoms with Gasteiger partial charge in [0.2, 0.25) is 5.91 Å². The van der Waals surface area contributed by atoms with Crippen molar-refractivity contribution in [3.05, 3.63) is 24.0 Å². The molecule has 3 rings (SSSR count). The maximum Gasteiger partial charge on any atom is 0.232 e. The van der Waals surface area contributed by atoms with Crippen LogP contribution in [0.5, 0.6) is 0 Å². The second-order valence-corrected chi connectivity index (χ2v) is 10.9. The number of carbonyl (C=O) groups is 1. The molecule has 1 heterocycles. The summed E-state index contributed by atoms with van der Waals surface area (Å²) in [6.07, 6.45) is 8.11. The van der Waals surface area contributed by atoms with Crippen molar-refractivity contribution >= 4 is 22.6 Å². The van der Waals surface area contributed by atoms with E-state index in [1.165, 1.54) is 44.0 Å². The number of benzene rings is 1. The third kappa shape index (κ3) is 4.84. The molecule has 0 unspecified atom stereocenters. The van der Waals surface area contributed by atoms with Crippen LogP contribution in [0.2, 0.25) is 0 Å². The molecule has 0 spiro atoms. The van der Waals surface area contributed by atoms with Gasteiger partial charge in [0.15, 0.2) is 0 Å². The van der Waals surface area contributed by atoms with Crippen LogP contribution in [0.15, 0.2) is 18.2 Å². The van der Waals surface area contributed by atoms with Crippen molar-refractivity contribution in [1.82, 2.24) is 9.55 Å². The van der Waals surface area contributed by atoms with Gasteiger partial charge in [-0.1, -0.05) is 67.2 Å². The summed E-state index contributed by atoms with van der Waals surface area (Å²) in [5, 5.41) is 0. The van der Waals surface area contributed by atoms with Crippen molar-refractivity contribution in [2.45, 2.75) is 92.0 Å². The fourth-order valence-corrected chi connectivity index (χ4v) is 4.51. The number of imidazole rings is 1. The van der Waals surface area contributed by atoms with Crippen molar-refractivity contribution in [3.63, 3.8) is 0 Å². The molecule has 0 atom stereocenters. The number of carbonyl (C=O) groups excluding carboxylic acids is 1. The average molecular weight is 398 g/mol. The monoisotopic (exact) mass is 397 g/mol. The molecule has 0 radical (unpaired) electrons. The van der Waals surface area contributed by atoms with Crippen LogP contribution in [0.4, 0.5) is 5.69 Å². The molecule has 1 aromatic heterocycles. The lowest BCUT2D eigenvalue weighted by Gasteiger charge is -2.26. The Hall–Kier alpha value is -1.84. The second kappa shape index (κ2) is 8.12. The van der Waals surface area contributed by atoms with E-state index in [1.807, 2.05) is 27.8 Å². The lowest BCUT2D eigenvalue weighted by molar-refractivity contribution is -0.125. The van der Waals surface area contributed by atoms with Gasteiger partial charge < -0.3 is 9.47 Å². The summed E-state index contributed by atoms with van der Waals surface area (Å²) >= 11 is 0. The van der Waals surface area contributed by atoms with Gasteiger partial charge in [-0.05, 0) is 37.0 Å². The third-order valence-electron chi connectivity index (χ3n) is 6.15. The topological polar surface area (TPSA) is 38.1 Å². The van der Waals surface area contributed by atoms with Gasteiger partial charge in [0.1, 0.15) is 5.82 Å². The molecule has 4 heteroatoms. The average Bonchev–Trinajstić information content (AvgIpc) is 2.80. The van der Waals surface area contributed by atoms with Crippen molar-refractivity contribution in [2.75, 3.05) is 11.9 Å². The molecule has 4 nitrogen and oxygen atoms in total. The predicted molar refractivity (Wildman–Crippen MR) is 122 cm³/mol. The lowest BCUT2D eigenvalue weighted by Crippen LogP contribution is -2.36. The Kier molecular flexibility index (Phi) is 6.12. The highest BCUT2D eigenvalue weighted by Crippen LogP contribution is 2.33. The Morgan fingerprint density at radius 2 is 1.69 bits per heavy atom. The van der Waals surface area contributed by atoms with E-state index >= 15 is 0 Å². The van der Waals surface area contributed by atoms with Crippen LogP contribution in [-0.2, 0) is 16.8 Å². The number of anilines is 1. The fourth-order valence-electron chi connectivity index (χ4n) is 4.51. The highest BCUT2D eigenvalue weighted by Gasteiger charge is 2.28. The summed E-state index contributed by atoms with van der Waals surface area (Å²) in [6.45, 7) is 13.7. The first-order valence-corrected chi connectivity index (χ1v) is 11.3. The Labute approximate surface area is 176 Å². The van der Waals surface area contributed by atoms with Crippen LogP contribution in [0.3, 0.4) is 0 Å². The van der Waals surface area contributed by atoms with Crippen LogP contribution < -0.4 is 4.90 Å². The Balaban J connectivity index is 2.00. The van der Waals surface area contributed by atoms with E-state index in [1.54, 1.807) is 4.90 Å². The molecular formula is C25H39N3O. The molecule has 2 aromatic rings. The van der Waals surface area contributed by atoms with Gasteiger partial charge in [0.05, 0.1) is 11.0 Å². The van der Waals surface area contributed by atoms with E-state index in [0.29, 0.717) is 0 Å². The van der Waals surface area contributed by atoms with Crippen LogP contribution in [0, 0.1) is 11.3 Å². The predicted octanol–water partition coefficient (Wildman–Crippen LogP) is 6.31. The largest absolute Gasteiger partial charge is 0.327 e. The van der Waals surface area contributed by atoms with Crippen LogP contribution in [0.25, 0.3) is 11.0 Å². The third-order valence-corrected chi connectivity index (χ3v) is 6.15. The summed E-state index contributed by atoms with van der Waals surface area (Å²) in [5.74, 6) is 2.00. The van der Waals surface area contributed by atoms with E-state index in [4.69, 9.17) is 4.98 Å². The van der Waals surface area contributed by atoms with Crippen LogP contribution >= 0.6 is 0 Å². The zero-order valence-electron chi connectivity index (χ0n) is 19.5. The summed E-state index contributed by atoms with van der Waals surface area (Å²) in [7, 11) is 1.86. The molecular weight excluding hydrogens is 358 g/mol. The second-order valence-electron chi connectivity index (χ2n) is 10.9. The molecule has 1 aliphatic rings. The summed E-state index contributed by atoms with van der Waals surface area (Å²) < 4.78 is 2.46. The molecule has 1 aromatic carbocycles. The first kappa shape index (κ1) is 21.9. The molecule has 1 aliphatic carbocycles. The number of amides is 1. The lowest BCUT2D eigenvalue weighted by atomic mass is 9.94. The zero-order valence-corrected chi connectivity index (χ0v) is 19.5. The van der Waals surface area contributed by atoms with E-state index in [2.05, 4.69) is 43.5 Å². The molecule has 0 aliphatic heterocycles. The van der Waals surface area contributed by atoms with E-state index < -0.39 is 5.41 Å². The number of aromatic nitrogens is 2. The van der Waals surface area contributed by atoms with Crippen LogP contribution in [0.1, 0.15) is 85.9 Å². The van der Waals surface area contributed by atoms with Gasteiger partial charge >= 0.3 is 0 Å². The van der Waals surface area contributed by atoms with Crippen molar-refractivity contribution in [2.24, 2.45) is 11.3 Å². The Morgan fingerprint density at radius 3 is 2.24 bits per heavy atom. The number of nitrogens with zero attached hydrogens (tertiary/aromatic N) is 3. The molecule has 1 fully saturated rings. The quantitative estimate of drug-likeness (QED) is 0.569. The highest BCUT2D eigenvalue weighted by molar-refractivity contribution is 5.98. The Bertz CT molecular complexity index is 859. The zero-order chi connectivity index (χ0) is 21.4. The standard InChI is InChI=1S/C25H39N3O/c1-24(2,3)22-26-20-16-19(27(7)23(29)25(4,5)6)14-15-21(20)28(22)17-18-12-10-8-9-11-13-18/h14-16,18H,8-13,17H2,1-7H3. The minimum atomic E-state index is -0.404. The highest BCUT2D eigenvalue weighted by atomic mass is 16.2. The maximum atomic E-state index is 12.7. The number of hydrogen-bond acceptors (Lipinski definition) is 2. The molecule has 0 bridgehead atoms. The molecule has 29 heavy (non-hydrogen) atoms. The Morgan fingerprint density at radius 1 is 1.07 bits per heavy atom. The van der Waals surface area contributed by atoms with Crippen molar-refractivity contribution in [1.29, 1.82) is 0 Å². The van der Waals surface area contributed by atoms with Gasteiger partial charge in [-0.3, -0.25) is 4.79 Å². The SMILES string of the molecule is CN(C(=O)C(C)(C)C)c1ccc2c(c1)nc(C(C)(C)C)n2CC1CCCCCC1. The van der Waals surface area contributed by atoms with Gasteiger partial charge in [0, 0.05) is 30.1 Å². The summed E-state index contributed by atoms with van der Waals surface area (Å²) in [6, 6.07) is 6.32. The van der Waals surface area contributed by atoms with Gasteiger partial charge in [-0.2, -0.15) is 0 Å². The number of rotatable bonds is 3. The van der Waals surface area contributed by atoms with Gasteiger partial charge in [-0.25, -0.2) is 4.98 Å². The maximum absolute atomic E-state index is 12.7. The minimum Gasteiger partial charge on any atom is -0.327 e. The molecule has 1 amide bonds. The first-order chi connectivity index (χ1) is 13.5. The summed E-state index contributed by atoms with van der Waals surface area (Å²) in [5.41, 5.74) is 2.68.